The Morgan fingerprint density at radius 3 is 2.76 bits per heavy atom. The topological polar surface area (TPSA) is 49.4 Å². The van der Waals surface area contributed by atoms with Crippen molar-refractivity contribution in [3.63, 3.8) is 0 Å². The molecule has 17 heavy (non-hydrogen) atoms. The highest BCUT2D eigenvalue weighted by atomic mass is 32.2. The second kappa shape index (κ2) is 5.24. The summed E-state index contributed by atoms with van der Waals surface area (Å²) in [6, 6.07) is 0.602. The average molecular weight is 260 g/mol. The third-order valence-electron chi connectivity index (χ3n) is 4.09. The Balaban J connectivity index is 1.82. The summed E-state index contributed by atoms with van der Waals surface area (Å²) in [7, 11) is -2.88. The first-order chi connectivity index (χ1) is 7.99. The van der Waals surface area contributed by atoms with Crippen LogP contribution in [0.15, 0.2) is 0 Å². The minimum Gasteiger partial charge on any atom is -0.312 e. The number of nitrogens with one attached hydrogen (secondary N) is 1. The maximum atomic E-state index is 11.8. The van der Waals surface area contributed by atoms with Crippen molar-refractivity contribution in [1.82, 2.24) is 10.2 Å². The van der Waals surface area contributed by atoms with Crippen LogP contribution in [0, 0.1) is 5.92 Å². The van der Waals surface area contributed by atoms with Crippen molar-refractivity contribution < 1.29 is 8.42 Å². The number of rotatable bonds is 4. The van der Waals surface area contributed by atoms with E-state index in [1.54, 1.807) is 13.8 Å². The van der Waals surface area contributed by atoms with E-state index in [4.69, 9.17) is 0 Å². The molecular formula is C12H24N2O2S. The number of hydrogen-bond donors (Lipinski definition) is 1. The lowest BCUT2D eigenvalue weighted by Gasteiger charge is -2.24. The van der Waals surface area contributed by atoms with Gasteiger partial charge in [0, 0.05) is 25.7 Å². The SMILES string of the molecule is CC(C)S(=O)(=O)CCN1CC2CCCNC2C1. The van der Waals surface area contributed by atoms with E-state index in [0.717, 1.165) is 25.6 Å². The molecule has 2 aliphatic heterocycles. The van der Waals surface area contributed by atoms with E-state index in [-0.39, 0.29) is 5.25 Å². The van der Waals surface area contributed by atoms with Gasteiger partial charge in [-0.25, -0.2) is 8.42 Å². The molecule has 2 unspecified atom stereocenters. The van der Waals surface area contributed by atoms with E-state index in [2.05, 4.69) is 10.2 Å². The number of nitrogens with zero attached hydrogens (tertiary/aromatic N) is 1. The van der Waals surface area contributed by atoms with E-state index < -0.39 is 9.84 Å². The lowest BCUT2D eigenvalue weighted by atomic mass is 9.94. The van der Waals surface area contributed by atoms with Gasteiger partial charge in [-0.15, -0.1) is 0 Å². The molecule has 0 aliphatic carbocycles. The van der Waals surface area contributed by atoms with Crippen LogP contribution in [-0.4, -0.2) is 56.5 Å². The lowest BCUT2D eigenvalue weighted by Crippen LogP contribution is -2.40. The minimum atomic E-state index is -2.88. The Bertz CT molecular complexity index is 340. The first kappa shape index (κ1) is 13.3. The molecule has 0 radical (unpaired) electrons. The van der Waals surface area contributed by atoms with Crippen molar-refractivity contribution in [2.45, 2.75) is 38.0 Å². The molecule has 0 spiro atoms. The Labute approximate surface area is 105 Å². The molecule has 100 valence electrons. The summed E-state index contributed by atoms with van der Waals surface area (Å²) < 4.78 is 23.5. The van der Waals surface area contributed by atoms with Crippen molar-refractivity contribution in [2.75, 3.05) is 31.9 Å². The third-order valence-corrected chi connectivity index (χ3v) is 6.27. The van der Waals surface area contributed by atoms with Gasteiger partial charge in [0.05, 0.1) is 11.0 Å². The van der Waals surface area contributed by atoms with Crippen LogP contribution in [0.4, 0.5) is 0 Å². The maximum Gasteiger partial charge on any atom is 0.153 e. The van der Waals surface area contributed by atoms with Gasteiger partial charge in [0.15, 0.2) is 9.84 Å². The molecule has 2 atom stereocenters. The van der Waals surface area contributed by atoms with Crippen LogP contribution in [0.2, 0.25) is 0 Å². The van der Waals surface area contributed by atoms with Crippen LogP contribution in [0.5, 0.6) is 0 Å². The van der Waals surface area contributed by atoms with Crippen molar-refractivity contribution >= 4 is 9.84 Å². The molecule has 5 heteroatoms. The molecule has 4 nitrogen and oxygen atoms in total. The number of hydrogen-bond acceptors (Lipinski definition) is 4. The molecule has 2 saturated heterocycles. The van der Waals surface area contributed by atoms with Gasteiger partial charge in [0.1, 0.15) is 0 Å². The van der Waals surface area contributed by atoms with Gasteiger partial charge >= 0.3 is 0 Å². The second-order valence-corrected chi connectivity index (χ2v) is 8.32. The normalized spacial score (nSPS) is 30.8. The van der Waals surface area contributed by atoms with E-state index in [9.17, 15) is 8.42 Å². The standard InChI is InChI=1S/C12H24N2O2S/c1-10(2)17(15,16)7-6-14-8-11-4-3-5-13-12(11)9-14/h10-13H,3-9H2,1-2H3. The highest BCUT2D eigenvalue weighted by Gasteiger charge is 2.34. The van der Waals surface area contributed by atoms with Crippen molar-refractivity contribution in [3.05, 3.63) is 0 Å². The Kier molecular flexibility index (Phi) is 4.10. The maximum absolute atomic E-state index is 11.8. The van der Waals surface area contributed by atoms with Crippen LogP contribution in [0.3, 0.4) is 0 Å². The molecule has 0 saturated carbocycles. The summed E-state index contributed by atoms with van der Waals surface area (Å²) in [6.07, 6.45) is 2.56. The van der Waals surface area contributed by atoms with Gasteiger partial charge in [-0.05, 0) is 39.2 Å². The van der Waals surface area contributed by atoms with Crippen LogP contribution >= 0.6 is 0 Å². The number of likely N-dealkylation sites (tertiary alicyclic amines) is 1. The molecule has 0 aromatic rings. The second-order valence-electron chi connectivity index (χ2n) is 5.64. The monoisotopic (exact) mass is 260 g/mol. The van der Waals surface area contributed by atoms with Gasteiger partial charge in [0.25, 0.3) is 0 Å². The summed E-state index contributed by atoms with van der Waals surface area (Å²) in [6.45, 7) is 7.46. The number of piperidine rings is 1. The highest BCUT2D eigenvalue weighted by Crippen LogP contribution is 2.24. The van der Waals surface area contributed by atoms with Crippen LogP contribution in [0.1, 0.15) is 26.7 Å². The van der Waals surface area contributed by atoms with Gasteiger partial charge in [-0.3, -0.25) is 0 Å². The molecule has 0 bridgehead atoms. The zero-order valence-electron chi connectivity index (χ0n) is 10.9. The smallest absolute Gasteiger partial charge is 0.153 e. The molecule has 2 rings (SSSR count). The number of fused-ring (bicyclic) bond motifs is 1. The van der Waals surface area contributed by atoms with Crippen molar-refractivity contribution in [3.8, 4) is 0 Å². The summed E-state index contributed by atoms with van der Waals surface area (Å²) in [5.41, 5.74) is 0. The van der Waals surface area contributed by atoms with Gasteiger partial charge in [-0.2, -0.15) is 0 Å². The molecule has 0 aromatic heterocycles. The van der Waals surface area contributed by atoms with Crippen LogP contribution < -0.4 is 5.32 Å². The fourth-order valence-corrected chi connectivity index (χ4v) is 3.79. The Hall–Kier alpha value is -0.130. The van der Waals surface area contributed by atoms with Gasteiger partial charge < -0.3 is 10.2 Å². The van der Waals surface area contributed by atoms with Crippen molar-refractivity contribution in [2.24, 2.45) is 5.92 Å². The predicted molar refractivity (Wildman–Crippen MR) is 69.9 cm³/mol. The zero-order chi connectivity index (χ0) is 12.5. The zero-order valence-corrected chi connectivity index (χ0v) is 11.7. The molecule has 2 aliphatic rings. The first-order valence-electron chi connectivity index (χ1n) is 6.66. The quantitative estimate of drug-likeness (QED) is 0.799. The molecular weight excluding hydrogens is 236 g/mol. The first-order valence-corrected chi connectivity index (χ1v) is 8.38. The highest BCUT2D eigenvalue weighted by molar-refractivity contribution is 7.92. The van der Waals surface area contributed by atoms with E-state index in [1.165, 1.54) is 12.8 Å². The summed E-state index contributed by atoms with van der Waals surface area (Å²) in [5, 5.41) is 3.29. The summed E-state index contributed by atoms with van der Waals surface area (Å²) in [5.74, 6) is 1.05. The third kappa shape index (κ3) is 3.20. The van der Waals surface area contributed by atoms with Crippen LogP contribution in [0.25, 0.3) is 0 Å². The molecule has 0 amide bonds. The average Bonchev–Trinajstić information content (AvgIpc) is 2.69. The Morgan fingerprint density at radius 2 is 2.12 bits per heavy atom. The minimum absolute atomic E-state index is 0.245. The molecule has 1 N–H and O–H groups in total. The summed E-state index contributed by atoms with van der Waals surface area (Å²) >= 11 is 0. The van der Waals surface area contributed by atoms with Crippen molar-refractivity contribution in [1.29, 1.82) is 0 Å². The van der Waals surface area contributed by atoms with E-state index >= 15 is 0 Å². The fraction of sp³-hybridized carbons (Fsp3) is 1.00. The van der Waals surface area contributed by atoms with Crippen LogP contribution in [-0.2, 0) is 9.84 Å². The number of sulfone groups is 1. The van der Waals surface area contributed by atoms with E-state index in [1.807, 2.05) is 0 Å². The molecule has 2 heterocycles. The lowest BCUT2D eigenvalue weighted by molar-refractivity contribution is 0.331. The van der Waals surface area contributed by atoms with E-state index in [0.29, 0.717) is 18.3 Å². The molecule has 0 aromatic carbocycles. The predicted octanol–water partition coefficient (Wildman–Crippen LogP) is 0.493. The molecule has 2 fully saturated rings. The largest absolute Gasteiger partial charge is 0.312 e. The van der Waals surface area contributed by atoms with Gasteiger partial charge in [-0.1, -0.05) is 0 Å². The summed E-state index contributed by atoms with van der Waals surface area (Å²) in [4.78, 5) is 2.31. The fourth-order valence-electron chi connectivity index (χ4n) is 2.81. The Morgan fingerprint density at radius 1 is 1.35 bits per heavy atom. The van der Waals surface area contributed by atoms with Gasteiger partial charge in [0.2, 0.25) is 0 Å².